The number of rotatable bonds is 1. The van der Waals surface area contributed by atoms with Crippen molar-refractivity contribution in [3.63, 3.8) is 0 Å². The summed E-state index contributed by atoms with van der Waals surface area (Å²) in [5.41, 5.74) is 8.86. The Kier molecular flexibility index (Phi) is 2.70. The fourth-order valence-corrected chi connectivity index (χ4v) is 2.14. The Morgan fingerprint density at radius 3 is 2.69 bits per heavy atom. The van der Waals surface area contributed by atoms with E-state index in [-0.39, 0.29) is 11.5 Å². The minimum Gasteiger partial charge on any atom is -0.490 e. The molecule has 2 nitrogen and oxygen atoms in total. The minimum absolute atomic E-state index is 0.0775. The topological polar surface area (TPSA) is 35.2 Å². The van der Waals surface area contributed by atoms with Gasteiger partial charge in [-0.05, 0) is 29.5 Å². The summed E-state index contributed by atoms with van der Waals surface area (Å²) in [6, 6.07) is 6.43. The van der Waals surface area contributed by atoms with Crippen LogP contribution in [0.25, 0.3) is 0 Å². The summed E-state index contributed by atoms with van der Waals surface area (Å²) in [4.78, 5) is 0. The Morgan fingerprint density at radius 2 is 2.06 bits per heavy atom. The van der Waals surface area contributed by atoms with Gasteiger partial charge < -0.3 is 10.5 Å². The van der Waals surface area contributed by atoms with Crippen LogP contribution in [0.15, 0.2) is 18.2 Å². The molecule has 2 atom stereocenters. The quantitative estimate of drug-likeness (QED) is 0.788. The van der Waals surface area contributed by atoms with E-state index in [1.807, 2.05) is 0 Å². The third kappa shape index (κ3) is 2.07. The summed E-state index contributed by atoms with van der Waals surface area (Å²) in [6.07, 6.45) is 1.30. The molecule has 16 heavy (non-hydrogen) atoms. The van der Waals surface area contributed by atoms with Gasteiger partial charge in [0.25, 0.3) is 0 Å². The standard InChI is InChI=1S/C14H21NO/c1-9-7-11-8-10(5-6-12(11)16-9)13(15)14(2,3)4/h5-6,8-9,13H,7,15H2,1-4H3. The zero-order valence-corrected chi connectivity index (χ0v) is 10.6. The number of fused-ring (bicyclic) bond motifs is 1. The Morgan fingerprint density at radius 1 is 1.38 bits per heavy atom. The van der Waals surface area contributed by atoms with Crippen LogP contribution < -0.4 is 10.5 Å². The summed E-state index contributed by atoms with van der Waals surface area (Å²) in [5, 5.41) is 0. The minimum atomic E-state index is 0.0775. The van der Waals surface area contributed by atoms with Crippen molar-refractivity contribution < 1.29 is 4.74 Å². The van der Waals surface area contributed by atoms with Gasteiger partial charge in [-0.25, -0.2) is 0 Å². The lowest BCUT2D eigenvalue weighted by molar-refractivity contribution is 0.254. The van der Waals surface area contributed by atoms with E-state index in [0.29, 0.717) is 6.10 Å². The number of benzene rings is 1. The van der Waals surface area contributed by atoms with Crippen molar-refractivity contribution in [1.82, 2.24) is 0 Å². The average molecular weight is 219 g/mol. The van der Waals surface area contributed by atoms with Crippen LogP contribution in [0.4, 0.5) is 0 Å². The van der Waals surface area contributed by atoms with Crippen molar-refractivity contribution in [2.75, 3.05) is 0 Å². The number of hydrogen-bond acceptors (Lipinski definition) is 2. The first-order chi connectivity index (χ1) is 7.38. The van der Waals surface area contributed by atoms with E-state index in [1.165, 1.54) is 11.1 Å². The molecule has 2 unspecified atom stereocenters. The highest BCUT2D eigenvalue weighted by Gasteiger charge is 2.25. The Balaban J connectivity index is 2.29. The van der Waals surface area contributed by atoms with Gasteiger partial charge in [-0.3, -0.25) is 0 Å². The summed E-state index contributed by atoms with van der Waals surface area (Å²) < 4.78 is 5.69. The molecular formula is C14H21NO. The predicted octanol–water partition coefficient (Wildman–Crippen LogP) is 3.06. The molecule has 1 aromatic carbocycles. The Labute approximate surface area is 97.8 Å². The first-order valence-corrected chi connectivity index (χ1v) is 5.93. The summed E-state index contributed by atoms with van der Waals surface area (Å²) in [6.45, 7) is 8.61. The molecule has 0 bridgehead atoms. The van der Waals surface area contributed by atoms with Crippen molar-refractivity contribution in [2.24, 2.45) is 11.1 Å². The third-order valence-corrected chi connectivity index (χ3v) is 3.21. The molecule has 2 heteroatoms. The van der Waals surface area contributed by atoms with Gasteiger partial charge in [0.15, 0.2) is 0 Å². The number of hydrogen-bond donors (Lipinski definition) is 1. The van der Waals surface area contributed by atoms with E-state index in [0.717, 1.165) is 12.2 Å². The van der Waals surface area contributed by atoms with Gasteiger partial charge in [0.05, 0.1) is 0 Å². The smallest absolute Gasteiger partial charge is 0.123 e. The molecule has 88 valence electrons. The van der Waals surface area contributed by atoms with Gasteiger partial charge in [-0.15, -0.1) is 0 Å². The largest absolute Gasteiger partial charge is 0.490 e. The van der Waals surface area contributed by atoms with Crippen molar-refractivity contribution in [3.05, 3.63) is 29.3 Å². The monoisotopic (exact) mass is 219 g/mol. The van der Waals surface area contributed by atoms with Crippen molar-refractivity contribution >= 4 is 0 Å². The predicted molar refractivity (Wildman–Crippen MR) is 66.6 cm³/mol. The van der Waals surface area contributed by atoms with Crippen molar-refractivity contribution in [3.8, 4) is 5.75 Å². The molecule has 1 aliphatic heterocycles. The molecule has 2 rings (SSSR count). The van der Waals surface area contributed by atoms with Crippen LogP contribution in [0.1, 0.15) is 44.9 Å². The van der Waals surface area contributed by atoms with E-state index in [4.69, 9.17) is 10.5 Å². The first-order valence-electron chi connectivity index (χ1n) is 5.93. The van der Waals surface area contributed by atoms with Crippen LogP contribution in [-0.4, -0.2) is 6.10 Å². The normalized spacial score (nSPS) is 21.4. The third-order valence-electron chi connectivity index (χ3n) is 3.21. The van der Waals surface area contributed by atoms with Crippen molar-refractivity contribution in [2.45, 2.75) is 46.3 Å². The lowest BCUT2D eigenvalue weighted by atomic mass is 9.82. The van der Waals surface area contributed by atoms with Gasteiger partial charge in [0.1, 0.15) is 11.9 Å². The second kappa shape index (κ2) is 3.77. The Bertz CT molecular complexity index is 392. The average Bonchev–Trinajstić information content (AvgIpc) is 2.54. The molecule has 2 N–H and O–H groups in total. The zero-order valence-electron chi connectivity index (χ0n) is 10.6. The molecule has 0 aromatic heterocycles. The summed E-state index contributed by atoms with van der Waals surface area (Å²) in [7, 11) is 0. The molecule has 1 aliphatic rings. The van der Waals surface area contributed by atoms with Gasteiger partial charge in [0.2, 0.25) is 0 Å². The molecular weight excluding hydrogens is 198 g/mol. The van der Waals surface area contributed by atoms with Crippen LogP contribution >= 0.6 is 0 Å². The summed E-state index contributed by atoms with van der Waals surface area (Å²) in [5.74, 6) is 1.03. The maximum absolute atomic E-state index is 6.26. The van der Waals surface area contributed by atoms with E-state index < -0.39 is 0 Å². The highest BCUT2D eigenvalue weighted by molar-refractivity contribution is 5.41. The second-order valence-corrected chi connectivity index (χ2v) is 5.84. The molecule has 0 amide bonds. The lowest BCUT2D eigenvalue weighted by Crippen LogP contribution is -2.26. The fraction of sp³-hybridized carbons (Fsp3) is 0.571. The fourth-order valence-electron chi connectivity index (χ4n) is 2.14. The van der Waals surface area contributed by atoms with E-state index >= 15 is 0 Å². The maximum Gasteiger partial charge on any atom is 0.123 e. The summed E-state index contributed by atoms with van der Waals surface area (Å²) >= 11 is 0. The van der Waals surface area contributed by atoms with Crippen LogP contribution in [0.5, 0.6) is 5.75 Å². The van der Waals surface area contributed by atoms with Crippen LogP contribution in [-0.2, 0) is 6.42 Å². The molecule has 1 aromatic rings. The van der Waals surface area contributed by atoms with E-state index in [2.05, 4.69) is 45.9 Å². The van der Waals surface area contributed by atoms with Crippen LogP contribution in [0, 0.1) is 5.41 Å². The molecule has 0 saturated heterocycles. The number of ether oxygens (including phenoxy) is 1. The van der Waals surface area contributed by atoms with Gasteiger partial charge in [-0.2, -0.15) is 0 Å². The first kappa shape index (κ1) is 11.5. The highest BCUT2D eigenvalue weighted by Crippen LogP contribution is 2.35. The van der Waals surface area contributed by atoms with Crippen molar-refractivity contribution in [1.29, 1.82) is 0 Å². The second-order valence-electron chi connectivity index (χ2n) is 5.84. The molecule has 0 fully saturated rings. The maximum atomic E-state index is 6.26. The molecule has 0 radical (unpaired) electrons. The zero-order chi connectivity index (χ0) is 11.9. The molecule has 1 heterocycles. The van der Waals surface area contributed by atoms with E-state index in [1.54, 1.807) is 0 Å². The number of nitrogens with two attached hydrogens (primary N) is 1. The highest BCUT2D eigenvalue weighted by atomic mass is 16.5. The van der Waals surface area contributed by atoms with Gasteiger partial charge in [-0.1, -0.05) is 32.9 Å². The lowest BCUT2D eigenvalue weighted by Gasteiger charge is -2.27. The molecule has 0 saturated carbocycles. The SMILES string of the molecule is CC1Cc2cc(C(N)C(C)(C)C)ccc2O1. The molecule has 0 spiro atoms. The van der Waals surface area contributed by atoms with Crippen LogP contribution in [0.2, 0.25) is 0 Å². The van der Waals surface area contributed by atoms with Gasteiger partial charge in [0, 0.05) is 12.5 Å². The van der Waals surface area contributed by atoms with Crippen LogP contribution in [0.3, 0.4) is 0 Å². The van der Waals surface area contributed by atoms with E-state index in [9.17, 15) is 0 Å². The van der Waals surface area contributed by atoms with Gasteiger partial charge >= 0.3 is 0 Å². The molecule has 0 aliphatic carbocycles. The Hall–Kier alpha value is -1.02.